The normalized spacial score (nSPS) is 11.8. The number of ether oxygens (including phenoxy) is 1. The fourth-order valence-corrected chi connectivity index (χ4v) is 3.27. The Kier molecular flexibility index (Phi) is 6.68. The highest BCUT2D eigenvalue weighted by molar-refractivity contribution is 6.36. The number of benzene rings is 2. The quantitative estimate of drug-likeness (QED) is 0.724. The molecular formula is C20H21Cl2NO3. The molecule has 0 aliphatic rings. The van der Waals surface area contributed by atoms with E-state index in [1.165, 1.54) is 6.92 Å². The summed E-state index contributed by atoms with van der Waals surface area (Å²) < 4.78 is 5.23. The highest BCUT2D eigenvalue weighted by Crippen LogP contribution is 2.25. The van der Waals surface area contributed by atoms with Crippen LogP contribution in [0.25, 0.3) is 0 Å². The molecule has 0 unspecified atom stereocenters. The van der Waals surface area contributed by atoms with Gasteiger partial charge in [-0.2, -0.15) is 0 Å². The van der Waals surface area contributed by atoms with E-state index < -0.39 is 18.0 Å². The van der Waals surface area contributed by atoms with Gasteiger partial charge in [0.05, 0.1) is 6.42 Å². The van der Waals surface area contributed by atoms with Crippen LogP contribution in [0.15, 0.2) is 30.3 Å². The molecule has 0 radical (unpaired) electrons. The summed E-state index contributed by atoms with van der Waals surface area (Å²) >= 11 is 12.1. The van der Waals surface area contributed by atoms with Crippen LogP contribution in [-0.4, -0.2) is 18.0 Å². The molecule has 1 atom stereocenters. The first-order valence-electron chi connectivity index (χ1n) is 8.20. The van der Waals surface area contributed by atoms with Gasteiger partial charge in [0.15, 0.2) is 6.10 Å². The maximum atomic E-state index is 12.4. The zero-order chi connectivity index (χ0) is 19.4. The number of anilines is 1. The van der Waals surface area contributed by atoms with E-state index in [2.05, 4.69) is 5.32 Å². The van der Waals surface area contributed by atoms with Gasteiger partial charge >= 0.3 is 5.97 Å². The van der Waals surface area contributed by atoms with Crippen molar-refractivity contribution >= 4 is 40.8 Å². The Bertz CT molecular complexity index is 806. The first-order valence-corrected chi connectivity index (χ1v) is 8.95. The number of amides is 1. The summed E-state index contributed by atoms with van der Waals surface area (Å²) in [6, 6.07) is 8.96. The van der Waals surface area contributed by atoms with Gasteiger partial charge < -0.3 is 10.1 Å². The van der Waals surface area contributed by atoms with E-state index in [1.54, 1.807) is 18.2 Å². The van der Waals surface area contributed by atoms with Gasteiger partial charge in [-0.15, -0.1) is 0 Å². The molecule has 0 aromatic heterocycles. The molecule has 1 amide bonds. The molecule has 26 heavy (non-hydrogen) atoms. The lowest BCUT2D eigenvalue weighted by atomic mass is 10.0. The summed E-state index contributed by atoms with van der Waals surface area (Å²) in [6.45, 7) is 7.37. The van der Waals surface area contributed by atoms with E-state index >= 15 is 0 Å². The molecule has 0 bridgehead atoms. The number of hydrogen-bond acceptors (Lipinski definition) is 3. The maximum Gasteiger partial charge on any atom is 0.311 e. The van der Waals surface area contributed by atoms with Gasteiger partial charge in [0, 0.05) is 21.3 Å². The summed E-state index contributed by atoms with van der Waals surface area (Å²) in [5.41, 5.74) is 4.25. The Morgan fingerprint density at radius 1 is 1.08 bits per heavy atom. The van der Waals surface area contributed by atoms with Crippen molar-refractivity contribution in [3.8, 4) is 0 Å². The van der Waals surface area contributed by atoms with Crippen LogP contribution in [0.3, 0.4) is 0 Å². The van der Waals surface area contributed by atoms with Gasteiger partial charge in [-0.1, -0.05) is 47.0 Å². The lowest BCUT2D eigenvalue weighted by molar-refractivity contribution is -0.152. The average molecular weight is 394 g/mol. The van der Waals surface area contributed by atoms with Crippen LogP contribution in [-0.2, 0) is 20.7 Å². The topological polar surface area (TPSA) is 55.4 Å². The third-order valence-corrected chi connectivity index (χ3v) is 4.69. The van der Waals surface area contributed by atoms with Crippen LogP contribution >= 0.6 is 23.2 Å². The third-order valence-electron chi connectivity index (χ3n) is 3.99. The van der Waals surface area contributed by atoms with Gasteiger partial charge in [0.1, 0.15) is 0 Å². The molecule has 0 fully saturated rings. The fraction of sp³-hybridized carbons (Fsp3) is 0.300. The van der Waals surface area contributed by atoms with E-state index in [-0.39, 0.29) is 6.42 Å². The van der Waals surface area contributed by atoms with Crippen LogP contribution in [0.1, 0.15) is 29.2 Å². The predicted octanol–water partition coefficient (Wildman–Crippen LogP) is 5.03. The molecule has 0 saturated carbocycles. The van der Waals surface area contributed by atoms with Crippen LogP contribution < -0.4 is 5.32 Å². The van der Waals surface area contributed by atoms with Crippen molar-refractivity contribution in [2.24, 2.45) is 0 Å². The number of aryl methyl sites for hydroxylation is 3. The molecule has 2 rings (SSSR count). The van der Waals surface area contributed by atoms with E-state index in [1.807, 2.05) is 32.9 Å². The number of halogens is 2. The third kappa shape index (κ3) is 4.99. The molecule has 2 aromatic carbocycles. The lowest BCUT2D eigenvalue weighted by Gasteiger charge is -2.17. The molecule has 2 aromatic rings. The Labute approximate surface area is 163 Å². The molecule has 0 saturated heterocycles. The Morgan fingerprint density at radius 2 is 1.62 bits per heavy atom. The van der Waals surface area contributed by atoms with Crippen LogP contribution in [0.4, 0.5) is 5.69 Å². The second-order valence-electron chi connectivity index (χ2n) is 6.27. The van der Waals surface area contributed by atoms with E-state index in [9.17, 15) is 9.59 Å². The summed E-state index contributed by atoms with van der Waals surface area (Å²) in [4.78, 5) is 24.5. The summed E-state index contributed by atoms with van der Waals surface area (Å²) in [5.74, 6) is -0.960. The van der Waals surface area contributed by atoms with Crippen molar-refractivity contribution in [2.75, 3.05) is 5.32 Å². The van der Waals surface area contributed by atoms with E-state index in [0.717, 1.165) is 22.4 Å². The Morgan fingerprint density at radius 3 is 2.15 bits per heavy atom. The van der Waals surface area contributed by atoms with Crippen molar-refractivity contribution in [3.63, 3.8) is 0 Å². The number of hydrogen-bond donors (Lipinski definition) is 1. The van der Waals surface area contributed by atoms with Gasteiger partial charge in [-0.25, -0.2) is 0 Å². The Balaban J connectivity index is 2.02. The van der Waals surface area contributed by atoms with Crippen molar-refractivity contribution in [3.05, 3.63) is 62.6 Å². The minimum absolute atomic E-state index is 0.0985. The summed E-state index contributed by atoms with van der Waals surface area (Å²) in [5, 5.41) is 3.60. The number of esters is 1. The second-order valence-corrected chi connectivity index (χ2v) is 7.09. The average Bonchev–Trinajstić information content (AvgIpc) is 2.54. The molecule has 0 aliphatic carbocycles. The highest BCUT2D eigenvalue weighted by Gasteiger charge is 2.21. The van der Waals surface area contributed by atoms with Gasteiger partial charge in [0.25, 0.3) is 5.91 Å². The molecule has 0 heterocycles. The number of nitrogens with one attached hydrogen (secondary N) is 1. The Hall–Kier alpha value is -2.04. The van der Waals surface area contributed by atoms with Crippen LogP contribution in [0.5, 0.6) is 0 Å². The zero-order valence-corrected chi connectivity index (χ0v) is 16.7. The molecule has 6 heteroatoms. The van der Waals surface area contributed by atoms with Crippen LogP contribution in [0, 0.1) is 20.8 Å². The standard InChI is InChI=1S/C20H21Cl2NO3/c1-11-8-12(2)19(13(3)9-11)23-20(25)14(4)26-18(24)10-15-16(21)6-5-7-17(15)22/h5-9,14H,10H2,1-4H3,(H,23,25)/t14-/m1/s1. The van der Waals surface area contributed by atoms with Crippen LogP contribution in [0.2, 0.25) is 10.0 Å². The van der Waals surface area contributed by atoms with Crippen molar-refractivity contribution < 1.29 is 14.3 Å². The van der Waals surface area contributed by atoms with Gasteiger partial charge in [0.2, 0.25) is 0 Å². The molecule has 4 nitrogen and oxygen atoms in total. The number of rotatable bonds is 5. The smallest absolute Gasteiger partial charge is 0.311 e. The summed E-state index contributed by atoms with van der Waals surface area (Å²) in [6.07, 6.45) is -1.04. The molecule has 0 spiro atoms. The minimum atomic E-state index is -0.941. The predicted molar refractivity (Wildman–Crippen MR) is 105 cm³/mol. The second kappa shape index (κ2) is 8.56. The molecule has 0 aliphatic heterocycles. The zero-order valence-electron chi connectivity index (χ0n) is 15.2. The largest absolute Gasteiger partial charge is 0.452 e. The SMILES string of the molecule is Cc1cc(C)c(NC(=O)[C@@H](C)OC(=O)Cc2c(Cl)cccc2Cl)c(C)c1. The highest BCUT2D eigenvalue weighted by atomic mass is 35.5. The summed E-state index contributed by atoms with van der Waals surface area (Å²) in [7, 11) is 0. The van der Waals surface area contributed by atoms with E-state index in [4.69, 9.17) is 27.9 Å². The number of carbonyl (C=O) groups is 2. The van der Waals surface area contributed by atoms with Gasteiger partial charge in [-0.05, 0) is 51.0 Å². The van der Waals surface area contributed by atoms with E-state index in [0.29, 0.717) is 15.6 Å². The van der Waals surface area contributed by atoms with Crippen molar-refractivity contribution in [1.29, 1.82) is 0 Å². The first kappa shape index (κ1) is 20.3. The fourth-order valence-electron chi connectivity index (χ4n) is 2.74. The molecule has 1 N–H and O–H groups in total. The lowest BCUT2D eigenvalue weighted by Crippen LogP contribution is -2.31. The van der Waals surface area contributed by atoms with Crippen molar-refractivity contribution in [1.82, 2.24) is 0 Å². The maximum absolute atomic E-state index is 12.4. The molecule has 138 valence electrons. The minimum Gasteiger partial charge on any atom is -0.452 e. The van der Waals surface area contributed by atoms with Crippen molar-refractivity contribution in [2.45, 2.75) is 40.2 Å². The molecular weight excluding hydrogens is 373 g/mol. The number of carbonyl (C=O) groups excluding carboxylic acids is 2. The first-order chi connectivity index (χ1) is 12.2. The van der Waals surface area contributed by atoms with Gasteiger partial charge in [-0.3, -0.25) is 9.59 Å². The monoisotopic (exact) mass is 393 g/mol.